The van der Waals surface area contributed by atoms with Crippen molar-refractivity contribution in [1.29, 1.82) is 0 Å². The van der Waals surface area contributed by atoms with Gasteiger partial charge in [-0.3, -0.25) is 0 Å². The lowest BCUT2D eigenvalue weighted by Crippen LogP contribution is -2.23. The normalized spacial score (nSPS) is 15.1. The SMILES string of the molecule is Cc1ccc(C(C)(O)Cc2ccc(C(C)(C)C)cc2)s1. The number of hydrogen-bond donors (Lipinski definition) is 1. The van der Waals surface area contributed by atoms with E-state index in [-0.39, 0.29) is 5.41 Å². The second-order valence-corrected chi connectivity index (χ2v) is 8.10. The second-order valence-electron chi connectivity index (χ2n) is 6.81. The van der Waals surface area contributed by atoms with Gasteiger partial charge in [0, 0.05) is 16.2 Å². The molecule has 1 nitrogen and oxygen atoms in total. The van der Waals surface area contributed by atoms with Gasteiger partial charge in [-0.1, -0.05) is 45.0 Å². The van der Waals surface area contributed by atoms with Crippen molar-refractivity contribution >= 4 is 11.3 Å². The molecule has 2 heteroatoms. The molecule has 0 aliphatic rings. The molecule has 1 N–H and O–H groups in total. The average molecular weight is 288 g/mol. The lowest BCUT2D eigenvalue weighted by atomic mass is 9.85. The Kier molecular flexibility index (Phi) is 4.08. The van der Waals surface area contributed by atoms with Gasteiger partial charge in [-0.05, 0) is 42.5 Å². The maximum atomic E-state index is 10.7. The molecule has 1 aromatic heterocycles. The molecule has 0 amide bonds. The Hall–Kier alpha value is -1.12. The number of benzene rings is 1. The Morgan fingerprint density at radius 3 is 2.00 bits per heavy atom. The van der Waals surface area contributed by atoms with Crippen molar-refractivity contribution in [3.63, 3.8) is 0 Å². The summed E-state index contributed by atoms with van der Waals surface area (Å²) < 4.78 is 0. The Balaban J connectivity index is 2.17. The molecule has 1 unspecified atom stereocenters. The van der Waals surface area contributed by atoms with Gasteiger partial charge in [-0.25, -0.2) is 0 Å². The van der Waals surface area contributed by atoms with Gasteiger partial charge in [0.15, 0.2) is 0 Å². The topological polar surface area (TPSA) is 20.2 Å². The first kappa shape index (κ1) is 15.3. The first-order valence-corrected chi connectivity index (χ1v) is 7.89. The molecule has 0 aliphatic heterocycles. The molecule has 0 saturated carbocycles. The van der Waals surface area contributed by atoms with E-state index >= 15 is 0 Å². The van der Waals surface area contributed by atoms with E-state index in [0.717, 1.165) is 4.88 Å². The highest BCUT2D eigenvalue weighted by atomic mass is 32.1. The van der Waals surface area contributed by atoms with Gasteiger partial charge in [0.2, 0.25) is 0 Å². The molecule has 2 aromatic rings. The first-order chi connectivity index (χ1) is 9.18. The van der Waals surface area contributed by atoms with Crippen LogP contribution in [-0.4, -0.2) is 5.11 Å². The predicted octanol–water partition coefficient (Wildman–Crippen LogP) is 4.80. The van der Waals surface area contributed by atoms with Crippen molar-refractivity contribution in [2.75, 3.05) is 0 Å². The van der Waals surface area contributed by atoms with Gasteiger partial charge < -0.3 is 5.11 Å². The van der Waals surface area contributed by atoms with Crippen LogP contribution >= 0.6 is 11.3 Å². The number of thiophene rings is 1. The molecule has 0 fully saturated rings. The van der Waals surface area contributed by atoms with Crippen molar-refractivity contribution in [2.24, 2.45) is 0 Å². The third-order valence-corrected chi connectivity index (χ3v) is 4.89. The quantitative estimate of drug-likeness (QED) is 0.859. The lowest BCUT2D eigenvalue weighted by Gasteiger charge is -2.23. The summed E-state index contributed by atoms with van der Waals surface area (Å²) in [5.74, 6) is 0. The molecule has 0 saturated heterocycles. The van der Waals surface area contributed by atoms with E-state index in [0.29, 0.717) is 6.42 Å². The van der Waals surface area contributed by atoms with Crippen LogP contribution in [0.1, 0.15) is 48.6 Å². The summed E-state index contributed by atoms with van der Waals surface area (Å²) in [6.07, 6.45) is 0.650. The summed E-state index contributed by atoms with van der Waals surface area (Å²) in [6, 6.07) is 12.7. The van der Waals surface area contributed by atoms with Gasteiger partial charge in [0.1, 0.15) is 0 Å². The summed E-state index contributed by atoms with van der Waals surface area (Å²) in [6.45, 7) is 10.6. The van der Waals surface area contributed by atoms with E-state index < -0.39 is 5.60 Å². The van der Waals surface area contributed by atoms with Crippen LogP contribution in [0.25, 0.3) is 0 Å². The van der Waals surface area contributed by atoms with Crippen LogP contribution in [0.4, 0.5) is 0 Å². The monoisotopic (exact) mass is 288 g/mol. The Bertz CT molecular complexity index is 570. The molecule has 20 heavy (non-hydrogen) atoms. The third kappa shape index (κ3) is 3.50. The number of rotatable bonds is 3. The highest BCUT2D eigenvalue weighted by molar-refractivity contribution is 7.12. The van der Waals surface area contributed by atoms with Crippen LogP contribution in [0.2, 0.25) is 0 Å². The minimum absolute atomic E-state index is 0.173. The minimum atomic E-state index is -0.790. The summed E-state index contributed by atoms with van der Waals surface area (Å²) in [5.41, 5.74) is 1.88. The molecular weight excluding hydrogens is 264 g/mol. The summed E-state index contributed by atoms with van der Waals surface area (Å²) in [5, 5.41) is 10.7. The fourth-order valence-corrected chi connectivity index (χ4v) is 3.24. The molecule has 0 spiro atoms. The van der Waals surface area contributed by atoms with E-state index in [1.807, 2.05) is 13.0 Å². The minimum Gasteiger partial charge on any atom is -0.384 e. The van der Waals surface area contributed by atoms with Crippen LogP contribution in [0, 0.1) is 6.92 Å². The molecule has 1 aromatic carbocycles. The van der Waals surface area contributed by atoms with E-state index in [9.17, 15) is 5.11 Å². The Morgan fingerprint density at radius 2 is 1.55 bits per heavy atom. The van der Waals surface area contributed by atoms with Crippen LogP contribution in [0.5, 0.6) is 0 Å². The van der Waals surface area contributed by atoms with E-state index in [2.05, 4.69) is 58.0 Å². The molecule has 108 valence electrons. The maximum Gasteiger partial charge on any atom is 0.1000 e. The molecule has 1 atom stereocenters. The van der Waals surface area contributed by atoms with Gasteiger partial charge in [-0.15, -0.1) is 11.3 Å². The van der Waals surface area contributed by atoms with Crippen LogP contribution in [0.3, 0.4) is 0 Å². The van der Waals surface area contributed by atoms with E-state index in [4.69, 9.17) is 0 Å². The Labute approximate surface area is 126 Å². The average Bonchev–Trinajstić information content (AvgIpc) is 2.76. The zero-order valence-corrected chi connectivity index (χ0v) is 13.8. The predicted molar refractivity (Wildman–Crippen MR) is 87.5 cm³/mol. The van der Waals surface area contributed by atoms with E-state index in [1.165, 1.54) is 16.0 Å². The van der Waals surface area contributed by atoms with Gasteiger partial charge in [-0.2, -0.15) is 0 Å². The molecular formula is C18H24OS. The standard InChI is InChI=1S/C18H24OS/c1-13-6-11-16(20-13)18(5,19)12-14-7-9-15(10-8-14)17(2,3)4/h6-11,19H,12H2,1-5H3. The maximum absolute atomic E-state index is 10.7. The summed E-state index contributed by atoms with van der Waals surface area (Å²) >= 11 is 1.67. The molecule has 0 aliphatic carbocycles. The second kappa shape index (κ2) is 5.34. The zero-order valence-electron chi connectivity index (χ0n) is 13.0. The van der Waals surface area contributed by atoms with Crippen LogP contribution in [-0.2, 0) is 17.4 Å². The molecule has 0 bridgehead atoms. The molecule has 1 heterocycles. The van der Waals surface area contributed by atoms with E-state index in [1.54, 1.807) is 11.3 Å². The van der Waals surface area contributed by atoms with Crippen molar-refractivity contribution in [3.05, 3.63) is 57.3 Å². The van der Waals surface area contributed by atoms with Gasteiger partial charge in [0.05, 0.1) is 5.60 Å². The largest absolute Gasteiger partial charge is 0.384 e. The molecule has 0 radical (unpaired) electrons. The van der Waals surface area contributed by atoms with Crippen molar-refractivity contribution in [3.8, 4) is 0 Å². The first-order valence-electron chi connectivity index (χ1n) is 7.07. The number of aliphatic hydroxyl groups is 1. The fraction of sp³-hybridized carbons (Fsp3) is 0.444. The fourth-order valence-electron chi connectivity index (χ4n) is 2.33. The van der Waals surface area contributed by atoms with Gasteiger partial charge >= 0.3 is 0 Å². The van der Waals surface area contributed by atoms with Crippen molar-refractivity contribution in [1.82, 2.24) is 0 Å². The molecule has 2 rings (SSSR count). The third-order valence-electron chi connectivity index (χ3n) is 3.64. The smallest absolute Gasteiger partial charge is 0.1000 e. The summed E-state index contributed by atoms with van der Waals surface area (Å²) in [4.78, 5) is 2.28. The number of hydrogen-bond acceptors (Lipinski definition) is 2. The Morgan fingerprint density at radius 1 is 0.950 bits per heavy atom. The summed E-state index contributed by atoms with van der Waals surface area (Å²) in [7, 11) is 0. The van der Waals surface area contributed by atoms with Crippen LogP contribution in [0.15, 0.2) is 36.4 Å². The van der Waals surface area contributed by atoms with Crippen molar-refractivity contribution in [2.45, 2.75) is 52.1 Å². The van der Waals surface area contributed by atoms with Gasteiger partial charge in [0.25, 0.3) is 0 Å². The lowest BCUT2D eigenvalue weighted by molar-refractivity contribution is 0.0615. The zero-order chi connectivity index (χ0) is 15.0. The highest BCUT2D eigenvalue weighted by Crippen LogP contribution is 2.31. The van der Waals surface area contributed by atoms with Crippen LogP contribution < -0.4 is 0 Å². The number of aryl methyl sites for hydroxylation is 1. The van der Waals surface area contributed by atoms with Crippen molar-refractivity contribution < 1.29 is 5.11 Å². The highest BCUT2D eigenvalue weighted by Gasteiger charge is 2.25.